The predicted molar refractivity (Wildman–Crippen MR) is 107 cm³/mol. The number of nitrogens with zero attached hydrogens (tertiary/aromatic N) is 4. The third-order valence-corrected chi connectivity index (χ3v) is 4.68. The maximum atomic E-state index is 12.4. The van der Waals surface area contributed by atoms with E-state index in [9.17, 15) is 4.79 Å². The number of rotatable bonds is 6. The number of imidazole rings is 2. The zero-order chi connectivity index (χ0) is 19.3. The van der Waals surface area contributed by atoms with E-state index in [2.05, 4.69) is 19.9 Å². The molecule has 1 N–H and O–H groups in total. The summed E-state index contributed by atoms with van der Waals surface area (Å²) in [7, 11) is 0. The maximum Gasteiger partial charge on any atom is 0.251 e. The predicted octanol–water partition coefficient (Wildman–Crippen LogP) is 3.36. The number of hydrogen-bond acceptors (Lipinski definition) is 3. The Morgan fingerprint density at radius 3 is 2.36 bits per heavy atom. The van der Waals surface area contributed by atoms with Crippen LogP contribution in [-0.4, -0.2) is 25.0 Å². The van der Waals surface area contributed by atoms with Crippen LogP contribution in [0.4, 0.5) is 0 Å². The Morgan fingerprint density at radius 2 is 1.71 bits per heavy atom. The third-order valence-electron chi connectivity index (χ3n) is 4.68. The normalized spacial score (nSPS) is 10.8. The Bertz CT molecular complexity index is 1050. The van der Waals surface area contributed by atoms with Gasteiger partial charge < -0.3 is 14.5 Å². The van der Waals surface area contributed by atoms with Gasteiger partial charge in [-0.05, 0) is 42.3 Å². The second-order valence-electron chi connectivity index (χ2n) is 6.62. The van der Waals surface area contributed by atoms with Crippen LogP contribution in [0.25, 0.3) is 5.69 Å². The molecule has 2 heterocycles. The van der Waals surface area contributed by atoms with Gasteiger partial charge in [0.15, 0.2) is 0 Å². The molecule has 6 heteroatoms. The molecular weight excluding hydrogens is 350 g/mol. The van der Waals surface area contributed by atoms with Gasteiger partial charge in [-0.15, -0.1) is 0 Å². The zero-order valence-corrected chi connectivity index (χ0v) is 15.6. The molecule has 0 unspecified atom stereocenters. The van der Waals surface area contributed by atoms with E-state index in [0.717, 1.165) is 29.2 Å². The van der Waals surface area contributed by atoms with Crippen LogP contribution < -0.4 is 5.32 Å². The highest BCUT2D eigenvalue weighted by Gasteiger charge is 2.06. The number of aromatic nitrogens is 4. The lowest BCUT2D eigenvalue weighted by atomic mass is 10.1. The summed E-state index contributed by atoms with van der Waals surface area (Å²) in [4.78, 5) is 20.7. The lowest BCUT2D eigenvalue weighted by molar-refractivity contribution is 0.0951. The minimum absolute atomic E-state index is 0.0796. The van der Waals surface area contributed by atoms with E-state index in [1.165, 1.54) is 0 Å². The fourth-order valence-electron chi connectivity index (χ4n) is 3.01. The van der Waals surface area contributed by atoms with Crippen molar-refractivity contribution in [3.63, 3.8) is 0 Å². The summed E-state index contributed by atoms with van der Waals surface area (Å²) < 4.78 is 4.01. The van der Waals surface area contributed by atoms with Crippen molar-refractivity contribution in [2.24, 2.45) is 0 Å². The van der Waals surface area contributed by atoms with E-state index in [1.807, 2.05) is 72.4 Å². The van der Waals surface area contributed by atoms with Crippen molar-refractivity contribution in [1.82, 2.24) is 24.4 Å². The highest BCUT2D eigenvalue weighted by Crippen LogP contribution is 2.11. The molecule has 4 rings (SSSR count). The number of benzene rings is 2. The number of amides is 1. The quantitative estimate of drug-likeness (QED) is 0.565. The molecule has 28 heavy (non-hydrogen) atoms. The first-order valence-corrected chi connectivity index (χ1v) is 9.11. The standard InChI is InChI=1S/C22H21N5O/c1-17-24-11-13-26(17)15-19-2-6-20(7-3-19)22(28)25-14-18-4-8-21(9-5-18)27-12-10-23-16-27/h2-13,16H,14-15H2,1H3,(H,25,28). The molecule has 0 aliphatic rings. The van der Waals surface area contributed by atoms with Gasteiger partial charge in [-0.25, -0.2) is 9.97 Å². The molecule has 1 amide bonds. The topological polar surface area (TPSA) is 64.7 Å². The fourth-order valence-corrected chi connectivity index (χ4v) is 3.01. The Hall–Kier alpha value is -3.67. The summed E-state index contributed by atoms with van der Waals surface area (Å²) in [6.45, 7) is 3.21. The molecular formula is C22H21N5O. The molecule has 2 aromatic heterocycles. The minimum atomic E-state index is -0.0796. The first-order chi connectivity index (χ1) is 13.7. The average molecular weight is 371 g/mol. The summed E-state index contributed by atoms with van der Waals surface area (Å²) in [5, 5.41) is 2.97. The first-order valence-electron chi connectivity index (χ1n) is 9.11. The molecule has 0 spiro atoms. The zero-order valence-electron chi connectivity index (χ0n) is 15.6. The summed E-state index contributed by atoms with van der Waals surface area (Å²) >= 11 is 0. The number of carbonyl (C=O) groups excluding carboxylic acids is 1. The Kier molecular flexibility index (Phi) is 5.01. The van der Waals surface area contributed by atoms with E-state index < -0.39 is 0 Å². The smallest absolute Gasteiger partial charge is 0.251 e. The van der Waals surface area contributed by atoms with Gasteiger partial charge in [-0.1, -0.05) is 24.3 Å². The molecule has 0 aliphatic heterocycles. The van der Waals surface area contributed by atoms with E-state index in [-0.39, 0.29) is 5.91 Å². The average Bonchev–Trinajstić information content (AvgIpc) is 3.40. The Morgan fingerprint density at radius 1 is 0.964 bits per heavy atom. The van der Waals surface area contributed by atoms with Crippen molar-refractivity contribution in [2.75, 3.05) is 0 Å². The van der Waals surface area contributed by atoms with Crippen LogP contribution in [-0.2, 0) is 13.1 Å². The summed E-state index contributed by atoms with van der Waals surface area (Å²) in [5.41, 5.74) is 3.87. The molecule has 6 nitrogen and oxygen atoms in total. The van der Waals surface area contributed by atoms with Crippen molar-refractivity contribution in [1.29, 1.82) is 0 Å². The monoisotopic (exact) mass is 371 g/mol. The van der Waals surface area contributed by atoms with Crippen molar-refractivity contribution in [3.05, 3.63) is 102 Å². The van der Waals surface area contributed by atoms with Crippen molar-refractivity contribution in [3.8, 4) is 5.69 Å². The molecule has 140 valence electrons. The summed E-state index contributed by atoms with van der Waals surface area (Å²) in [6.07, 6.45) is 9.15. The van der Waals surface area contributed by atoms with Crippen LogP contribution in [0.3, 0.4) is 0 Å². The lowest BCUT2D eigenvalue weighted by Gasteiger charge is -2.09. The second-order valence-corrected chi connectivity index (χ2v) is 6.62. The van der Waals surface area contributed by atoms with E-state index in [0.29, 0.717) is 12.1 Å². The third kappa shape index (κ3) is 4.01. The first kappa shape index (κ1) is 17.7. The molecule has 0 atom stereocenters. The molecule has 0 fully saturated rings. The SMILES string of the molecule is Cc1nccn1Cc1ccc(C(=O)NCc2ccc(-n3ccnc3)cc2)cc1. The van der Waals surface area contributed by atoms with Gasteiger partial charge in [0.25, 0.3) is 5.91 Å². The van der Waals surface area contributed by atoms with Crippen molar-refractivity contribution < 1.29 is 4.79 Å². The largest absolute Gasteiger partial charge is 0.348 e. The molecule has 0 radical (unpaired) electrons. The number of aryl methyl sites for hydroxylation is 1. The maximum absolute atomic E-state index is 12.4. The Balaban J connectivity index is 1.34. The van der Waals surface area contributed by atoms with Gasteiger partial charge in [0, 0.05) is 49.1 Å². The fraction of sp³-hybridized carbons (Fsp3) is 0.136. The van der Waals surface area contributed by atoms with E-state index in [1.54, 1.807) is 18.7 Å². The lowest BCUT2D eigenvalue weighted by Crippen LogP contribution is -2.22. The van der Waals surface area contributed by atoms with Crippen LogP contribution in [0.15, 0.2) is 79.6 Å². The number of carbonyl (C=O) groups is 1. The molecule has 0 bridgehead atoms. The van der Waals surface area contributed by atoms with Crippen molar-refractivity contribution >= 4 is 5.91 Å². The van der Waals surface area contributed by atoms with Crippen LogP contribution in [0.1, 0.15) is 27.3 Å². The number of hydrogen-bond donors (Lipinski definition) is 1. The van der Waals surface area contributed by atoms with Crippen LogP contribution in [0.2, 0.25) is 0 Å². The highest BCUT2D eigenvalue weighted by atomic mass is 16.1. The van der Waals surface area contributed by atoms with E-state index in [4.69, 9.17) is 0 Å². The van der Waals surface area contributed by atoms with Gasteiger partial charge in [0.05, 0.1) is 6.33 Å². The summed E-state index contributed by atoms with van der Waals surface area (Å²) in [5.74, 6) is 0.893. The molecule has 0 aliphatic carbocycles. The van der Waals surface area contributed by atoms with Gasteiger partial charge >= 0.3 is 0 Å². The highest BCUT2D eigenvalue weighted by molar-refractivity contribution is 5.94. The van der Waals surface area contributed by atoms with Gasteiger partial charge in [0.1, 0.15) is 5.82 Å². The molecule has 2 aromatic carbocycles. The van der Waals surface area contributed by atoms with E-state index >= 15 is 0 Å². The summed E-state index contributed by atoms with van der Waals surface area (Å²) in [6, 6.07) is 15.7. The van der Waals surface area contributed by atoms with Crippen LogP contribution in [0.5, 0.6) is 0 Å². The molecule has 0 saturated heterocycles. The van der Waals surface area contributed by atoms with Gasteiger partial charge in [-0.3, -0.25) is 4.79 Å². The van der Waals surface area contributed by atoms with Gasteiger partial charge in [-0.2, -0.15) is 0 Å². The van der Waals surface area contributed by atoms with Crippen molar-refractivity contribution in [2.45, 2.75) is 20.0 Å². The Labute approximate surface area is 163 Å². The van der Waals surface area contributed by atoms with Gasteiger partial charge in [0.2, 0.25) is 0 Å². The number of nitrogens with one attached hydrogen (secondary N) is 1. The molecule has 0 saturated carbocycles. The molecule has 4 aromatic rings. The van der Waals surface area contributed by atoms with Crippen LogP contribution in [0, 0.1) is 6.92 Å². The minimum Gasteiger partial charge on any atom is -0.348 e. The second kappa shape index (κ2) is 7.92. The van der Waals surface area contributed by atoms with Crippen LogP contribution >= 0.6 is 0 Å².